The van der Waals surface area contributed by atoms with Crippen LogP contribution < -0.4 is 5.32 Å². The lowest BCUT2D eigenvalue weighted by Crippen LogP contribution is -2.40. The van der Waals surface area contributed by atoms with Crippen molar-refractivity contribution in [2.24, 2.45) is 0 Å². The van der Waals surface area contributed by atoms with Gasteiger partial charge < -0.3 is 10.2 Å². The summed E-state index contributed by atoms with van der Waals surface area (Å²) in [5, 5.41) is 3.47. The van der Waals surface area contributed by atoms with Crippen LogP contribution in [0.5, 0.6) is 0 Å². The van der Waals surface area contributed by atoms with Crippen molar-refractivity contribution >= 4 is 17.1 Å². The maximum atomic E-state index is 5.32. The van der Waals surface area contributed by atoms with Gasteiger partial charge in [-0.25, -0.2) is 0 Å². The molecular weight excluding hydrogens is 192 g/mol. The smallest absolute Gasteiger partial charge is 0.0396 e. The van der Waals surface area contributed by atoms with E-state index >= 15 is 0 Å². The minimum atomic E-state index is 0.521. The Morgan fingerprint density at radius 3 is 2.79 bits per heavy atom. The molecule has 2 fully saturated rings. The topological polar surface area (TPSA) is 15.3 Å². The Morgan fingerprint density at radius 1 is 1.50 bits per heavy atom. The van der Waals surface area contributed by atoms with E-state index in [0.717, 1.165) is 19.0 Å². The molecule has 0 bridgehead atoms. The van der Waals surface area contributed by atoms with Crippen LogP contribution in [0.1, 0.15) is 32.1 Å². The minimum absolute atomic E-state index is 0.521. The van der Waals surface area contributed by atoms with Gasteiger partial charge in [-0.1, -0.05) is 18.6 Å². The third kappa shape index (κ3) is 2.33. The van der Waals surface area contributed by atoms with E-state index in [4.69, 9.17) is 12.2 Å². The summed E-state index contributed by atoms with van der Waals surface area (Å²) in [6.07, 6.45) is 6.53. The van der Waals surface area contributed by atoms with E-state index in [1.807, 2.05) is 0 Å². The molecule has 0 aromatic heterocycles. The van der Waals surface area contributed by atoms with E-state index in [9.17, 15) is 0 Å². The fraction of sp³-hybridized carbons (Fsp3) is 0.909. The molecule has 1 unspecified atom stereocenters. The zero-order chi connectivity index (χ0) is 9.97. The molecule has 0 aromatic carbocycles. The minimum Gasteiger partial charge on any atom is -0.309 e. The maximum Gasteiger partial charge on any atom is 0.0396 e. The first-order valence-electron chi connectivity index (χ1n) is 5.73. The lowest BCUT2D eigenvalue weighted by Gasteiger charge is -2.35. The summed E-state index contributed by atoms with van der Waals surface area (Å²) in [5.41, 5.74) is 0. The molecule has 3 heteroatoms. The molecular formula is C11H20N2S. The molecule has 1 atom stereocenters. The van der Waals surface area contributed by atoms with Crippen molar-refractivity contribution < 1.29 is 0 Å². The fourth-order valence-electron chi connectivity index (χ4n) is 2.26. The summed E-state index contributed by atoms with van der Waals surface area (Å²) in [5.74, 6) is 0. The molecule has 0 radical (unpaired) electrons. The van der Waals surface area contributed by atoms with Crippen molar-refractivity contribution in [3.05, 3.63) is 0 Å². The first-order valence-corrected chi connectivity index (χ1v) is 6.14. The zero-order valence-electron chi connectivity index (χ0n) is 8.96. The van der Waals surface area contributed by atoms with Crippen LogP contribution in [0, 0.1) is 0 Å². The van der Waals surface area contributed by atoms with Gasteiger partial charge in [0.05, 0.1) is 0 Å². The van der Waals surface area contributed by atoms with E-state index in [1.165, 1.54) is 37.1 Å². The molecule has 2 rings (SSSR count). The van der Waals surface area contributed by atoms with Crippen molar-refractivity contribution in [3.8, 4) is 0 Å². The first-order chi connectivity index (χ1) is 6.77. The standard InChI is InChI=1S/C11H20N2S/c1-13(9-3-2-4-9)8-6-10-11(14)5-7-12-10/h9-10,12H,2-8H2,1H3. The van der Waals surface area contributed by atoms with Crippen molar-refractivity contribution in [2.45, 2.75) is 44.2 Å². The summed E-state index contributed by atoms with van der Waals surface area (Å²) in [6, 6.07) is 1.39. The first kappa shape index (κ1) is 10.5. The number of hydrogen-bond donors (Lipinski definition) is 1. The van der Waals surface area contributed by atoms with Gasteiger partial charge in [0.15, 0.2) is 0 Å². The predicted octanol–water partition coefficient (Wildman–Crippen LogP) is 1.59. The summed E-state index contributed by atoms with van der Waals surface area (Å²) >= 11 is 5.32. The highest BCUT2D eigenvalue weighted by Crippen LogP contribution is 2.23. The molecule has 1 heterocycles. The van der Waals surface area contributed by atoms with Crippen LogP contribution in [0.3, 0.4) is 0 Å². The predicted molar refractivity (Wildman–Crippen MR) is 63.9 cm³/mol. The maximum absolute atomic E-state index is 5.32. The molecule has 1 N–H and O–H groups in total. The molecule has 14 heavy (non-hydrogen) atoms. The molecule has 0 spiro atoms. The van der Waals surface area contributed by atoms with Crippen LogP contribution in [0.4, 0.5) is 0 Å². The SMILES string of the molecule is CN(CCC1NCCC1=S)C1CCC1. The Labute approximate surface area is 92.0 Å². The van der Waals surface area contributed by atoms with E-state index in [-0.39, 0.29) is 0 Å². The average molecular weight is 212 g/mol. The fourth-order valence-corrected chi connectivity index (χ4v) is 2.57. The van der Waals surface area contributed by atoms with Crippen LogP contribution in [-0.2, 0) is 0 Å². The number of rotatable bonds is 4. The molecule has 1 saturated carbocycles. The molecule has 1 aliphatic heterocycles. The van der Waals surface area contributed by atoms with Gasteiger partial charge in [0.25, 0.3) is 0 Å². The number of thiocarbonyl (C=S) groups is 1. The van der Waals surface area contributed by atoms with Gasteiger partial charge in [-0.05, 0) is 39.3 Å². The highest BCUT2D eigenvalue weighted by molar-refractivity contribution is 7.80. The second-order valence-electron chi connectivity index (χ2n) is 4.58. The van der Waals surface area contributed by atoms with Crippen LogP contribution in [0.25, 0.3) is 0 Å². The third-order valence-corrected chi connectivity index (χ3v) is 4.11. The molecule has 2 aliphatic rings. The van der Waals surface area contributed by atoms with Crippen LogP contribution in [0.2, 0.25) is 0 Å². The van der Waals surface area contributed by atoms with Gasteiger partial charge in [0.1, 0.15) is 0 Å². The summed E-state index contributed by atoms with van der Waals surface area (Å²) in [4.78, 5) is 3.75. The highest BCUT2D eigenvalue weighted by Gasteiger charge is 2.24. The molecule has 0 aromatic rings. The second kappa shape index (κ2) is 4.69. The third-order valence-electron chi connectivity index (χ3n) is 3.62. The molecule has 80 valence electrons. The van der Waals surface area contributed by atoms with Crippen LogP contribution >= 0.6 is 12.2 Å². The van der Waals surface area contributed by atoms with Gasteiger partial charge in [-0.2, -0.15) is 0 Å². The van der Waals surface area contributed by atoms with E-state index in [0.29, 0.717) is 6.04 Å². The van der Waals surface area contributed by atoms with Crippen molar-refractivity contribution in [2.75, 3.05) is 20.1 Å². The Bertz CT molecular complexity index is 213. The van der Waals surface area contributed by atoms with Gasteiger partial charge in [-0.3, -0.25) is 0 Å². The monoisotopic (exact) mass is 212 g/mol. The Morgan fingerprint density at radius 2 is 2.29 bits per heavy atom. The van der Waals surface area contributed by atoms with Crippen LogP contribution in [-0.4, -0.2) is 42.0 Å². The normalized spacial score (nSPS) is 28.4. The molecule has 1 aliphatic carbocycles. The van der Waals surface area contributed by atoms with Gasteiger partial charge >= 0.3 is 0 Å². The van der Waals surface area contributed by atoms with Crippen molar-refractivity contribution in [1.29, 1.82) is 0 Å². The number of hydrogen-bond acceptors (Lipinski definition) is 3. The van der Waals surface area contributed by atoms with Crippen LogP contribution in [0.15, 0.2) is 0 Å². The summed E-state index contributed by atoms with van der Waals surface area (Å²) < 4.78 is 0. The highest BCUT2D eigenvalue weighted by atomic mass is 32.1. The summed E-state index contributed by atoms with van der Waals surface area (Å²) in [6.45, 7) is 2.29. The van der Waals surface area contributed by atoms with Gasteiger partial charge in [0, 0.05) is 23.5 Å². The Hall–Kier alpha value is 0.01000. The Balaban J connectivity index is 1.68. The van der Waals surface area contributed by atoms with Crippen molar-refractivity contribution in [1.82, 2.24) is 10.2 Å². The summed E-state index contributed by atoms with van der Waals surface area (Å²) in [7, 11) is 2.25. The van der Waals surface area contributed by atoms with Gasteiger partial charge in [-0.15, -0.1) is 0 Å². The quantitative estimate of drug-likeness (QED) is 0.713. The van der Waals surface area contributed by atoms with E-state index in [2.05, 4.69) is 17.3 Å². The average Bonchev–Trinajstić information content (AvgIpc) is 2.44. The number of nitrogens with zero attached hydrogens (tertiary/aromatic N) is 1. The van der Waals surface area contributed by atoms with E-state index in [1.54, 1.807) is 0 Å². The van der Waals surface area contributed by atoms with E-state index < -0.39 is 0 Å². The zero-order valence-corrected chi connectivity index (χ0v) is 9.78. The Kier molecular flexibility index (Phi) is 3.52. The lowest BCUT2D eigenvalue weighted by molar-refractivity contribution is 0.157. The van der Waals surface area contributed by atoms with Crippen molar-refractivity contribution in [3.63, 3.8) is 0 Å². The molecule has 0 amide bonds. The van der Waals surface area contributed by atoms with Gasteiger partial charge in [0.2, 0.25) is 0 Å². The lowest BCUT2D eigenvalue weighted by atomic mass is 9.91. The second-order valence-corrected chi connectivity index (χ2v) is 5.10. The largest absolute Gasteiger partial charge is 0.309 e. The molecule has 2 nitrogen and oxygen atoms in total. The number of nitrogens with one attached hydrogen (secondary N) is 1. The molecule has 1 saturated heterocycles.